The third kappa shape index (κ3) is 1.27. The van der Waals surface area contributed by atoms with Crippen molar-refractivity contribution in [3.8, 4) is 11.5 Å². The molecule has 0 saturated heterocycles. The van der Waals surface area contributed by atoms with Crippen molar-refractivity contribution in [1.29, 1.82) is 0 Å². The molecule has 0 amide bonds. The van der Waals surface area contributed by atoms with Crippen molar-refractivity contribution in [2.45, 2.75) is 0 Å². The Labute approximate surface area is 80.6 Å². The smallest absolute Gasteiger partial charge is 0.172 e. The molecule has 14 heavy (non-hydrogen) atoms. The van der Waals surface area contributed by atoms with Gasteiger partial charge in [-0.05, 0) is 23.6 Å². The lowest BCUT2D eigenvalue weighted by atomic mass is 10.1. The molecule has 0 aliphatic carbocycles. The van der Waals surface area contributed by atoms with Crippen LogP contribution in [0.3, 0.4) is 0 Å². The Hall–Kier alpha value is -1.77. The van der Waals surface area contributed by atoms with Crippen LogP contribution in [-0.2, 0) is 0 Å². The number of phenols is 1. The zero-order valence-corrected chi connectivity index (χ0v) is 7.62. The van der Waals surface area contributed by atoms with Crippen LogP contribution in [0.4, 0.5) is 4.39 Å². The van der Waals surface area contributed by atoms with Crippen LogP contribution >= 0.6 is 0 Å². The summed E-state index contributed by atoms with van der Waals surface area (Å²) in [5.74, 6) is -0.380. The molecule has 2 aromatic carbocycles. The van der Waals surface area contributed by atoms with Gasteiger partial charge in [-0.3, -0.25) is 0 Å². The van der Waals surface area contributed by atoms with Gasteiger partial charge >= 0.3 is 0 Å². The molecule has 2 nitrogen and oxygen atoms in total. The van der Waals surface area contributed by atoms with E-state index in [0.29, 0.717) is 11.1 Å². The van der Waals surface area contributed by atoms with E-state index in [9.17, 15) is 4.39 Å². The monoisotopic (exact) mass is 192 g/mol. The minimum atomic E-state index is -0.610. The van der Waals surface area contributed by atoms with Gasteiger partial charge in [-0.25, -0.2) is 4.39 Å². The Morgan fingerprint density at radius 1 is 1.21 bits per heavy atom. The van der Waals surface area contributed by atoms with Crippen molar-refractivity contribution >= 4 is 10.8 Å². The molecule has 3 heteroatoms. The molecule has 72 valence electrons. The maximum Gasteiger partial charge on any atom is 0.172 e. The SMILES string of the molecule is COc1ccc2ccc(O)c(F)c2c1. The van der Waals surface area contributed by atoms with Crippen LogP contribution < -0.4 is 4.74 Å². The summed E-state index contributed by atoms with van der Waals surface area (Å²) in [6, 6.07) is 8.05. The predicted octanol–water partition coefficient (Wildman–Crippen LogP) is 2.69. The van der Waals surface area contributed by atoms with Crippen molar-refractivity contribution in [2.75, 3.05) is 7.11 Å². The number of hydrogen-bond acceptors (Lipinski definition) is 2. The summed E-state index contributed by atoms with van der Waals surface area (Å²) in [7, 11) is 1.52. The Morgan fingerprint density at radius 3 is 2.64 bits per heavy atom. The van der Waals surface area contributed by atoms with Crippen molar-refractivity contribution in [3.63, 3.8) is 0 Å². The summed E-state index contributed by atoms with van der Waals surface area (Å²) in [5.41, 5.74) is 0. The Morgan fingerprint density at radius 2 is 1.93 bits per heavy atom. The maximum atomic E-state index is 13.4. The largest absolute Gasteiger partial charge is 0.505 e. The first-order valence-corrected chi connectivity index (χ1v) is 4.17. The average molecular weight is 192 g/mol. The lowest BCUT2D eigenvalue weighted by Gasteiger charge is -2.04. The van der Waals surface area contributed by atoms with Gasteiger partial charge in [-0.15, -0.1) is 0 Å². The molecular weight excluding hydrogens is 183 g/mol. The molecule has 0 bridgehead atoms. The van der Waals surface area contributed by atoms with E-state index in [4.69, 9.17) is 9.84 Å². The van der Waals surface area contributed by atoms with Crippen molar-refractivity contribution in [1.82, 2.24) is 0 Å². The van der Waals surface area contributed by atoms with E-state index in [1.807, 2.05) is 0 Å². The fourth-order valence-corrected chi connectivity index (χ4v) is 1.38. The highest BCUT2D eigenvalue weighted by molar-refractivity contribution is 5.85. The molecule has 0 radical (unpaired) electrons. The molecule has 0 aromatic heterocycles. The first-order chi connectivity index (χ1) is 6.72. The third-order valence-electron chi connectivity index (χ3n) is 2.14. The number of fused-ring (bicyclic) bond motifs is 1. The Balaban J connectivity index is 2.78. The number of hydrogen-bond donors (Lipinski definition) is 1. The van der Waals surface area contributed by atoms with E-state index < -0.39 is 5.82 Å². The molecule has 0 spiro atoms. The summed E-state index contributed by atoms with van der Waals surface area (Å²) < 4.78 is 18.4. The Kier molecular flexibility index (Phi) is 2.00. The van der Waals surface area contributed by atoms with Gasteiger partial charge in [0.1, 0.15) is 5.75 Å². The highest BCUT2D eigenvalue weighted by Crippen LogP contribution is 2.28. The van der Waals surface area contributed by atoms with E-state index in [-0.39, 0.29) is 5.75 Å². The van der Waals surface area contributed by atoms with Gasteiger partial charge in [0, 0.05) is 5.39 Å². The van der Waals surface area contributed by atoms with Crippen molar-refractivity contribution < 1.29 is 14.2 Å². The van der Waals surface area contributed by atoms with Gasteiger partial charge in [0.2, 0.25) is 0 Å². The first kappa shape index (κ1) is 8.81. The second-order valence-electron chi connectivity index (χ2n) is 2.99. The van der Waals surface area contributed by atoms with E-state index in [1.54, 1.807) is 24.3 Å². The van der Waals surface area contributed by atoms with Crippen LogP contribution in [0.15, 0.2) is 30.3 Å². The highest BCUT2D eigenvalue weighted by Gasteiger charge is 2.06. The number of benzene rings is 2. The fourth-order valence-electron chi connectivity index (χ4n) is 1.38. The van der Waals surface area contributed by atoms with Gasteiger partial charge in [-0.1, -0.05) is 12.1 Å². The predicted molar refractivity (Wildman–Crippen MR) is 52.1 cm³/mol. The fraction of sp³-hybridized carbons (Fsp3) is 0.0909. The molecule has 2 aromatic rings. The van der Waals surface area contributed by atoms with Crippen LogP contribution in [0, 0.1) is 5.82 Å². The highest BCUT2D eigenvalue weighted by atomic mass is 19.1. The molecule has 1 N–H and O–H groups in total. The lowest BCUT2D eigenvalue weighted by molar-refractivity contribution is 0.414. The van der Waals surface area contributed by atoms with Crippen molar-refractivity contribution in [3.05, 3.63) is 36.1 Å². The number of ether oxygens (including phenoxy) is 1. The summed E-state index contributed by atoms with van der Waals surface area (Å²) >= 11 is 0. The number of aromatic hydroxyl groups is 1. The second kappa shape index (κ2) is 3.18. The molecule has 0 aliphatic rings. The van der Waals surface area contributed by atoms with Crippen LogP contribution in [0.25, 0.3) is 10.8 Å². The average Bonchev–Trinajstić information content (AvgIpc) is 2.23. The normalized spacial score (nSPS) is 10.4. The standard InChI is InChI=1S/C11H9FO2/c1-14-8-4-2-7-3-5-10(13)11(12)9(7)6-8/h2-6,13H,1H3. The Bertz CT molecular complexity index is 480. The van der Waals surface area contributed by atoms with E-state index in [1.165, 1.54) is 13.2 Å². The molecule has 0 fully saturated rings. The van der Waals surface area contributed by atoms with Crippen LogP contribution in [0.1, 0.15) is 0 Å². The van der Waals surface area contributed by atoms with Crippen molar-refractivity contribution in [2.24, 2.45) is 0 Å². The summed E-state index contributed by atoms with van der Waals surface area (Å²) in [6.45, 7) is 0. The number of phenolic OH excluding ortho intramolecular Hbond substituents is 1. The van der Waals surface area contributed by atoms with Gasteiger partial charge in [-0.2, -0.15) is 0 Å². The molecule has 0 unspecified atom stereocenters. The molecular formula is C11H9FO2. The van der Waals surface area contributed by atoms with E-state index in [0.717, 1.165) is 5.39 Å². The first-order valence-electron chi connectivity index (χ1n) is 4.17. The quantitative estimate of drug-likeness (QED) is 0.752. The van der Waals surface area contributed by atoms with Crippen LogP contribution in [-0.4, -0.2) is 12.2 Å². The van der Waals surface area contributed by atoms with Gasteiger partial charge in [0.05, 0.1) is 7.11 Å². The molecule has 0 aliphatic heterocycles. The molecule has 0 saturated carbocycles. The molecule has 0 atom stereocenters. The van der Waals surface area contributed by atoms with Crippen LogP contribution in [0.2, 0.25) is 0 Å². The molecule has 0 heterocycles. The van der Waals surface area contributed by atoms with Crippen LogP contribution in [0.5, 0.6) is 11.5 Å². The second-order valence-corrected chi connectivity index (χ2v) is 2.99. The number of methoxy groups -OCH3 is 1. The minimum Gasteiger partial charge on any atom is -0.505 e. The van der Waals surface area contributed by atoms with E-state index in [2.05, 4.69) is 0 Å². The molecule has 2 rings (SSSR count). The summed E-state index contributed by atoms with van der Waals surface area (Å²) in [6.07, 6.45) is 0. The topological polar surface area (TPSA) is 29.5 Å². The zero-order valence-electron chi connectivity index (χ0n) is 7.62. The summed E-state index contributed by atoms with van der Waals surface area (Å²) in [5, 5.41) is 10.3. The minimum absolute atomic E-state index is 0.342. The summed E-state index contributed by atoms with van der Waals surface area (Å²) in [4.78, 5) is 0. The lowest BCUT2D eigenvalue weighted by Crippen LogP contribution is -1.85. The maximum absolute atomic E-state index is 13.4. The van der Waals surface area contributed by atoms with E-state index >= 15 is 0 Å². The zero-order chi connectivity index (χ0) is 10.1. The third-order valence-corrected chi connectivity index (χ3v) is 2.14. The van der Waals surface area contributed by atoms with Gasteiger partial charge < -0.3 is 9.84 Å². The van der Waals surface area contributed by atoms with Gasteiger partial charge in [0.15, 0.2) is 11.6 Å². The van der Waals surface area contributed by atoms with Gasteiger partial charge in [0.25, 0.3) is 0 Å². The number of rotatable bonds is 1. The number of halogens is 1.